The minimum atomic E-state index is -3.85. The van der Waals surface area contributed by atoms with E-state index in [1.165, 1.54) is 6.07 Å². The Morgan fingerprint density at radius 1 is 1.48 bits per heavy atom. The van der Waals surface area contributed by atoms with E-state index in [1.54, 1.807) is 19.1 Å². The molecule has 0 aliphatic carbocycles. The van der Waals surface area contributed by atoms with Crippen LogP contribution in [-0.2, 0) is 13.8 Å². The van der Waals surface area contributed by atoms with Gasteiger partial charge in [0.05, 0.1) is 4.90 Å². The average Bonchev–Trinajstić information content (AvgIpc) is 2.91. The van der Waals surface area contributed by atoms with E-state index in [-0.39, 0.29) is 10.8 Å². The second-order valence-corrected chi connectivity index (χ2v) is 7.73. The van der Waals surface area contributed by atoms with Gasteiger partial charge in [-0.2, -0.15) is 0 Å². The maximum atomic E-state index is 12.0. The zero-order valence-corrected chi connectivity index (χ0v) is 13.3. The third-order valence-corrected chi connectivity index (χ3v) is 5.04. The highest BCUT2D eigenvalue weighted by molar-refractivity contribution is 8.13. The molecule has 0 saturated carbocycles. The molecule has 1 saturated heterocycles. The first kappa shape index (κ1) is 16.3. The van der Waals surface area contributed by atoms with E-state index in [2.05, 4.69) is 5.32 Å². The van der Waals surface area contributed by atoms with E-state index < -0.39 is 9.05 Å². The van der Waals surface area contributed by atoms with E-state index in [1.807, 2.05) is 0 Å². The average molecular weight is 332 g/mol. The van der Waals surface area contributed by atoms with Gasteiger partial charge in [0.1, 0.15) is 0 Å². The number of hydrogen-bond acceptors (Lipinski definition) is 4. The number of nitrogens with one attached hydrogen (secondary N) is 1. The lowest BCUT2D eigenvalue weighted by molar-refractivity contribution is 0.0950. The van der Waals surface area contributed by atoms with Crippen molar-refractivity contribution in [3.05, 3.63) is 29.3 Å². The molecule has 0 aromatic heterocycles. The maximum Gasteiger partial charge on any atom is 0.261 e. The van der Waals surface area contributed by atoms with Crippen molar-refractivity contribution in [1.82, 2.24) is 5.32 Å². The van der Waals surface area contributed by atoms with Crippen molar-refractivity contribution in [3.8, 4) is 0 Å². The minimum absolute atomic E-state index is 0.0268. The molecule has 1 aromatic carbocycles. The van der Waals surface area contributed by atoms with Gasteiger partial charge in [-0.15, -0.1) is 0 Å². The van der Waals surface area contributed by atoms with Crippen molar-refractivity contribution < 1.29 is 17.9 Å². The van der Waals surface area contributed by atoms with E-state index in [0.29, 0.717) is 23.6 Å². The minimum Gasteiger partial charge on any atom is -0.381 e. The number of hydrogen-bond donors (Lipinski definition) is 1. The van der Waals surface area contributed by atoms with Crippen LogP contribution < -0.4 is 5.32 Å². The molecule has 1 fully saturated rings. The van der Waals surface area contributed by atoms with Crippen LogP contribution in [0.25, 0.3) is 0 Å². The number of carbonyl (C=O) groups is 1. The predicted molar refractivity (Wildman–Crippen MR) is 80.1 cm³/mol. The van der Waals surface area contributed by atoms with Gasteiger partial charge in [0, 0.05) is 36.0 Å². The van der Waals surface area contributed by atoms with Crippen molar-refractivity contribution in [2.75, 3.05) is 19.8 Å². The lowest BCUT2D eigenvalue weighted by Gasteiger charge is -2.10. The molecule has 0 radical (unpaired) electrons. The molecule has 2 rings (SSSR count). The smallest absolute Gasteiger partial charge is 0.261 e. The fourth-order valence-corrected chi connectivity index (χ4v) is 3.53. The van der Waals surface area contributed by atoms with Gasteiger partial charge in [0.2, 0.25) is 0 Å². The molecule has 1 atom stereocenters. The second-order valence-electron chi connectivity index (χ2n) is 5.19. The fourth-order valence-electron chi connectivity index (χ4n) is 2.31. The Bertz CT molecular complexity index is 624. The molecular weight excluding hydrogens is 314 g/mol. The highest BCUT2D eigenvalue weighted by Gasteiger charge is 2.18. The molecule has 1 amide bonds. The van der Waals surface area contributed by atoms with Crippen LogP contribution in [0.15, 0.2) is 23.1 Å². The van der Waals surface area contributed by atoms with Crippen LogP contribution >= 0.6 is 10.7 Å². The number of halogens is 1. The van der Waals surface area contributed by atoms with Gasteiger partial charge in [-0.05, 0) is 43.4 Å². The largest absolute Gasteiger partial charge is 0.381 e. The maximum absolute atomic E-state index is 12.0. The number of carbonyl (C=O) groups excluding carboxylic acids is 1. The third kappa shape index (κ3) is 4.43. The number of benzene rings is 1. The first-order valence-electron chi connectivity index (χ1n) is 6.79. The van der Waals surface area contributed by atoms with E-state index >= 15 is 0 Å². The fraction of sp³-hybridized carbons (Fsp3) is 0.500. The third-order valence-electron chi connectivity index (χ3n) is 3.58. The summed E-state index contributed by atoms with van der Waals surface area (Å²) in [7, 11) is 1.51. The Labute approximate surface area is 129 Å². The number of amides is 1. The Hall–Kier alpha value is -1.11. The molecule has 116 valence electrons. The zero-order valence-electron chi connectivity index (χ0n) is 11.8. The lowest BCUT2D eigenvalue weighted by Crippen LogP contribution is -2.26. The normalized spacial score (nSPS) is 18.7. The van der Waals surface area contributed by atoms with Gasteiger partial charge in [-0.1, -0.05) is 6.07 Å². The highest BCUT2D eigenvalue weighted by atomic mass is 35.7. The number of ether oxygens (including phenoxy) is 1. The molecule has 5 nitrogen and oxygen atoms in total. The summed E-state index contributed by atoms with van der Waals surface area (Å²) < 4.78 is 28.1. The predicted octanol–water partition coefficient (Wildman–Crippen LogP) is 2.08. The van der Waals surface area contributed by atoms with Crippen molar-refractivity contribution in [2.45, 2.75) is 24.7 Å². The molecule has 21 heavy (non-hydrogen) atoms. The summed E-state index contributed by atoms with van der Waals surface area (Å²) >= 11 is 0. The van der Waals surface area contributed by atoms with Crippen molar-refractivity contribution in [3.63, 3.8) is 0 Å². The molecule has 1 aliphatic rings. The van der Waals surface area contributed by atoms with Crippen LogP contribution in [0.5, 0.6) is 0 Å². The van der Waals surface area contributed by atoms with Gasteiger partial charge in [-0.25, -0.2) is 8.42 Å². The van der Waals surface area contributed by atoms with Gasteiger partial charge >= 0.3 is 0 Å². The lowest BCUT2D eigenvalue weighted by atomic mass is 10.1. The molecule has 1 aromatic rings. The quantitative estimate of drug-likeness (QED) is 0.838. The van der Waals surface area contributed by atoms with E-state index in [0.717, 1.165) is 26.1 Å². The zero-order chi connectivity index (χ0) is 15.5. The SMILES string of the molecule is Cc1ccc(C(=O)NCCC2CCOC2)cc1S(=O)(=O)Cl. The standard InChI is InChI=1S/C14H18ClNO4S/c1-10-2-3-12(8-13(10)21(15,18)19)14(17)16-6-4-11-5-7-20-9-11/h2-3,8,11H,4-7,9H2,1H3,(H,16,17). The molecule has 0 bridgehead atoms. The van der Waals surface area contributed by atoms with Gasteiger partial charge in [0.25, 0.3) is 15.0 Å². The topological polar surface area (TPSA) is 72.5 Å². The Morgan fingerprint density at radius 3 is 2.86 bits per heavy atom. The summed E-state index contributed by atoms with van der Waals surface area (Å²) in [5.74, 6) is 0.192. The van der Waals surface area contributed by atoms with Crippen LogP contribution in [0.1, 0.15) is 28.8 Å². The molecule has 1 unspecified atom stereocenters. The van der Waals surface area contributed by atoms with Crippen molar-refractivity contribution >= 4 is 25.6 Å². The first-order valence-corrected chi connectivity index (χ1v) is 9.10. The number of rotatable bonds is 5. The van der Waals surface area contributed by atoms with Crippen molar-refractivity contribution in [2.24, 2.45) is 5.92 Å². The Kier molecular flexibility index (Phi) is 5.24. The summed E-state index contributed by atoms with van der Waals surface area (Å²) in [6.45, 7) is 3.71. The monoisotopic (exact) mass is 331 g/mol. The summed E-state index contributed by atoms with van der Waals surface area (Å²) in [5, 5.41) is 2.79. The highest BCUT2D eigenvalue weighted by Crippen LogP contribution is 2.21. The summed E-state index contributed by atoms with van der Waals surface area (Å²) in [6, 6.07) is 4.48. The van der Waals surface area contributed by atoms with Crippen molar-refractivity contribution in [1.29, 1.82) is 0 Å². The van der Waals surface area contributed by atoms with E-state index in [9.17, 15) is 13.2 Å². The van der Waals surface area contributed by atoms with E-state index in [4.69, 9.17) is 15.4 Å². The molecule has 1 heterocycles. The van der Waals surface area contributed by atoms with Crippen LogP contribution in [0, 0.1) is 12.8 Å². The van der Waals surface area contributed by atoms with Crippen LogP contribution in [0.4, 0.5) is 0 Å². The van der Waals surface area contributed by atoms with Crippen LogP contribution in [0.2, 0.25) is 0 Å². The summed E-state index contributed by atoms with van der Waals surface area (Å²) in [5.41, 5.74) is 0.812. The van der Waals surface area contributed by atoms with Crippen LogP contribution in [0.3, 0.4) is 0 Å². The van der Waals surface area contributed by atoms with Gasteiger partial charge in [-0.3, -0.25) is 4.79 Å². The van der Waals surface area contributed by atoms with Crippen LogP contribution in [-0.4, -0.2) is 34.1 Å². The molecule has 0 spiro atoms. The van der Waals surface area contributed by atoms with Gasteiger partial charge < -0.3 is 10.1 Å². The first-order chi connectivity index (χ1) is 9.88. The molecule has 7 heteroatoms. The molecule has 1 aliphatic heterocycles. The Balaban J connectivity index is 1.99. The summed E-state index contributed by atoms with van der Waals surface area (Å²) in [6.07, 6.45) is 1.88. The Morgan fingerprint density at radius 2 is 2.24 bits per heavy atom. The summed E-state index contributed by atoms with van der Waals surface area (Å²) in [4.78, 5) is 12.0. The number of aryl methyl sites for hydroxylation is 1. The second kappa shape index (κ2) is 6.77. The molecule has 1 N–H and O–H groups in total. The molecular formula is C14H18ClNO4S. The van der Waals surface area contributed by atoms with Gasteiger partial charge in [0.15, 0.2) is 0 Å².